The fourth-order valence-electron chi connectivity index (χ4n) is 5.49. The Morgan fingerprint density at radius 2 is 1.59 bits per heavy atom. The van der Waals surface area contributed by atoms with Gasteiger partial charge in [0, 0.05) is 43.2 Å². The zero-order valence-corrected chi connectivity index (χ0v) is 24.4. The third-order valence-corrected chi connectivity index (χ3v) is 7.78. The fourth-order valence-corrected chi connectivity index (χ4v) is 5.61. The number of nitrogens with zero attached hydrogens (tertiary/aromatic N) is 2. The van der Waals surface area contributed by atoms with Gasteiger partial charge in [0.15, 0.2) is 11.5 Å². The largest absolute Gasteiger partial charge is 0.493 e. The topological polar surface area (TPSA) is 92.4 Å². The van der Waals surface area contributed by atoms with Gasteiger partial charge in [-0.3, -0.25) is 9.69 Å². The van der Waals surface area contributed by atoms with Gasteiger partial charge in [0.2, 0.25) is 11.7 Å². The van der Waals surface area contributed by atoms with Gasteiger partial charge >= 0.3 is 6.03 Å². The van der Waals surface area contributed by atoms with Gasteiger partial charge in [-0.2, -0.15) is 0 Å². The van der Waals surface area contributed by atoms with Crippen molar-refractivity contribution in [3.05, 3.63) is 47.0 Å². The van der Waals surface area contributed by atoms with Crippen molar-refractivity contribution in [2.24, 2.45) is 5.92 Å². The van der Waals surface area contributed by atoms with Crippen LogP contribution >= 0.6 is 24.0 Å². The number of rotatable bonds is 8. The number of hydrogen-bond donors (Lipinski definition) is 2. The van der Waals surface area contributed by atoms with Crippen molar-refractivity contribution in [2.45, 2.75) is 38.3 Å². The van der Waals surface area contributed by atoms with Crippen molar-refractivity contribution in [1.82, 2.24) is 15.1 Å². The van der Waals surface area contributed by atoms with Gasteiger partial charge in [0.1, 0.15) is 0 Å². The lowest BCUT2D eigenvalue weighted by atomic mass is 9.89. The first-order chi connectivity index (χ1) is 18.3. The van der Waals surface area contributed by atoms with Gasteiger partial charge in [-0.1, -0.05) is 23.7 Å². The molecular weight excluding hydrogens is 543 g/mol. The maximum absolute atomic E-state index is 13.0. The molecule has 2 heterocycles. The average Bonchev–Trinajstić information content (AvgIpc) is 3.33. The summed E-state index contributed by atoms with van der Waals surface area (Å²) in [5, 5.41) is 6.74. The van der Waals surface area contributed by atoms with Crippen LogP contribution in [0.1, 0.15) is 25.3 Å². The van der Waals surface area contributed by atoms with Gasteiger partial charge < -0.3 is 29.7 Å². The highest BCUT2D eigenvalue weighted by atomic mass is 35.5. The standard InChI is InChI=1S/C28H37ClN4O5.ClH/c1-18(34)33-16-23(31-28(35)30-22-14-25(36-2)27(38-4)26(15-22)37-3)24(17-33)32-11-9-20(10-12-32)13-19-5-7-21(29)8-6-19;/h5-8,14-15,20,23-24H,9-13,16-17H2,1-4H3,(H2,30,31,35);1H. The van der Waals surface area contributed by atoms with E-state index in [0.29, 0.717) is 41.9 Å². The third kappa shape index (κ3) is 7.62. The molecule has 2 aliphatic rings. The summed E-state index contributed by atoms with van der Waals surface area (Å²) < 4.78 is 16.1. The summed E-state index contributed by atoms with van der Waals surface area (Å²) >= 11 is 6.03. The SMILES string of the molecule is COc1cc(NC(=O)NC2CN(C(C)=O)CC2N2CCC(Cc3ccc(Cl)cc3)CC2)cc(OC)c1OC.Cl. The highest BCUT2D eigenvalue weighted by Gasteiger charge is 2.39. The van der Waals surface area contributed by atoms with Gasteiger partial charge in [-0.25, -0.2) is 4.79 Å². The minimum Gasteiger partial charge on any atom is -0.493 e. The molecule has 214 valence electrons. The van der Waals surface area contributed by atoms with E-state index in [4.69, 9.17) is 25.8 Å². The molecule has 0 spiro atoms. The predicted octanol–water partition coefficient (Wildman–Crippen LogP) is 4.46. The molecule has 2 unspecified atom stereocenters. The number of anilines is 1. The van der Waals surface area contributed by atoms with E-state index in [1.165, 1.54) is 26.9 Å². The molecule has 2 aliphatic heterocycles. The number of halogens is 2. The smallest absolute Gasteiger partial charge is 0.319 e. The molecule has 0 aliphatic carbocycles. The Morgan fingerprint density at radius 3 is 2.13 bits per heavy atom. The molecule has 0 bridgehead atoms. The Hall–Kier alpha value is -2.88. The number of carbonyl (C=O) groups is 2. The van der Waals surface area contributed by atoms with Crippen LogP contribution in [0.2, 0.25) is 5.02 Å². The molecule has 2 saturated heterocycles. The van der Waals surface area contributed by atoms with Gasteiger partial charge in [-0.05, 0) is 56.0 Å². The minimum atomic E-state index is -0.350. The molecule has 11 heteroatoms. The number of piperidine rings is 1. The van der Waals surface area contributed by atoms with Gasteiger partial charge in [-0.15, -0.1) is 12.4 Å². The normalized spacial score (nSPS) is 19.7. The van der Waals surface area contributed by atoms with Crippen LogP contribution in [0, 0.1) is 5.92 Å². The van der Waals surface area contributed by atoms with E-state index in [-0.39, 0.29) is 36.4 Å². The Balaban J connectivity index is 0.00000420. The zero-order valence-electron chi connectivity index (χ0n) is 22.9. The summed E-state index contributed by atoms with van der Waals surface area (Å²) in [5.41, 5.74) is 1.82. The third-order valence-electron chi connectivity index (χ3n) is 7.53. The zero-order chi connectivity index (χ0) is 27.2. The number of amides is 3. The summed E-state index contributed by atoms with van der Waals surface area (Å²) in [6, 6.07) is 11.0. The van der Waals surface area contributed by atoms with Gasteiger partial charge in [0.25, 0.3) is 0 Å². The van der Waals surface area contributed by atoms with E-state index in [1.807, 2.05) is 17.0 Å². The Kier molecular flexibility index (Phi) is 11.0. The quantitative estimate of drug-likeness (QED) is 0.479. The van der Waals surface area contributed by atoms with Crippen LogP contribution in [0.25, 0.3) is 0 Å². The van der Waals surface area contributed by atoms with E-state index in [1.54, 1.807) is 19.1 Å². The molecule has 0 aromatic heterocycles. The van der Waals surface area contributed by atoms with Crippen LogP contribution < -0.4 is 24.8 Å². The second kappa shape index (κ2) is 14.0. The van der Waals surface area contributed by atoms with Crippen LogP contribution in [-0.4, -0.2) is 81.3 Å². The number of carbonyl (C=O) groups excluding carboxylic acids is 2. The van der Waals surface area contributed by atoms with Crippen molar-refractivity contribution in [3.8, 4) is 17.2 Å². The predicted molar refractivity (Wildman–Crippen MR) is 155 cm³/mol. The highest BCUT2D eigenvalue weighted by molar-refractivity contribution is 6.30. The van der Waals surface area contributed by atoms with Crippen LogP contribution in [0.4, 0.5) is 10.5 Å². The first kappa shape index (κ1) is 30.7. The number of ether oxygens (including phenoxy) is 3. The van der Waals surface area contributed by atoms with Crippen LogP contribution in [0.5, 0.6) is 17.2 Å². The number of likely N-dealkylation sites (tertiary alicyclic amines) is 2. The minimum absolute atomic E-state index is 0. The average molecular weight is 582 g/mol. The molecule has 2 fully saturated rings. The van der Waals surface area contributed by atoms with Crippen LogP contribution in [0.15, 0.2) is 36.4 Å². The van der Waals surface area contributed by atoms with Crippen molar-refractivity contribution < 1.29 is 23.8 Å². The number of nitrogens with one attached hydrogen (secondary N) is 2. The van der Waals surface area contributed by atoms with E-state index in [2.05, 4.69) is 27.7 Å². The summed E-state index contributed by atoms with van der Waals surface area (Å²) in [4.78, 5) is 29.5. The maximum atomic E-state index is 13.0. The summed E-state index contributed by atoms with van der Waals surface area (Å²) in [7, 11) is 4.58. The maximum Gasteiger partial charge on any atom is 0.319 e. The second-order valence-corrected chi connectivity index (χ2v) is 10.4. The Bertz CT molecular complexity index is 1100. The van der Waals surface area contributed by atoms with E-state index >= 15 is 0 Å². The molecule has 0 radical (unpaired) electrons. The molecule has 2 aromatic rings. The monoisotopic (exact) mass is 580 g/mol. The molecule has 2 atom stereocenters. The molecule has 0 saturated carbocycles. The van der Waals surface area contributed by atoms with Crippen molar-refractivity contribution >= 4 is 41.6 Å². The number of urea groups is 1. The molecule has 9 nitrogen and oxygen atoms in total. The molecule has 2 N–H and O–H groups in total. The van der Waals surface area contributed by atoms with Crippen molar-refractivity contribution in [3.63, 3.8) is 0 Å². The fraction of sp³-hybridized carbons (Fsp3) is 0.500. The Labute approximate surface area is 241 Å². The highest BCUT2D eigenvalue weighted by Crippen LogP contribution is 2.40. The molecule has 2 aromatic carbocycles. The van der Waals surface area contributed by atoms with Crippen LogP contribution in [-0.2, 0) is 11.2 Å². The van der Waals surface area contributed by atoms with Crippen molar-refractivity contribution in [1.29, 1.82) is 0 Å². The van der Waals surface area contributed by atoms with Crippen molar-refractivity contribution in [2.75, 3.05) is 52.8 Å². The molecule has 39 heavy (non-hydrogen) atoms. The lowest BCUT2D eigenvalue weighted by molar-refractivity contribution is -0.128. The number of methoxy groups -OCH3 is 3. The lowest BCUT2D eigenvalue weighted by Crippen LogP contribution is -2.54. The summed E-state index contributed by atoms with van der Waals surface area (Å²) in [6.07, 6.45) is 3.18. The first-order valence-electron chi connectivity index (χ1n) is 12.9. The molecular formula is C28H38Cl2N4O5. The molecule has 4 rings (SSSR count). The number of benzene rings is 2. The van der Waals surface area contributed by atoms with Crippen LogP contribution in [0.3, 0.4) is 0 Å². The lowest BCUT2D eigenvalue weighted by Gasteiger charge is -2.38. The van der Waals surface area contributed by atoms with E-state index < -0.39 is 0 Å². The summed E-state index contributed by atoms with van der Waals surface area (Å²) in [5.74, 6) is 1.97. The molecule has 3 amide bonds. The Morgan fingerprint density at radius 1 is 0.974 bits per heavy atom. The van der Waals surface area contributed by atoms with E-state index in [0.717, 1.165) is 37.4 Å². The second-order valence-electron chi connectivity index (χ2n) is 9.92. The summed E-state index contributed by atoms with van der Waals surface area (Å²) in [6.45, 7) is 4.52. The first-order valence-corrected chi connectivity index (χ1v) is 13.3. The van der Waals surface area contributed by atoms with E-state index in [9.17, 15) is 9.59 Å². The number of hydrogen-bond acceptors (Lipinski definition) is 6. The van der Waals surface area contributed by atoms with Gasteiger partial charge in [0.05, 0.1) is 33.1 Å².